The third kappa shape index (κ3) is 3.06. The number of rotatable bonds is 4. The van der Waals surface area contributed by atoms with Crippen molar-refractivity contribution in [1.29, 1.82) is 0 Å². The van der Waals surface area contributed by atoms with E-state index in [0.29, 0.717) is 22.5 Å². The Balaban J connectivity index is 2.04. The Bertz CT molecular complexity index is 769. The van der Waals surface area contributed by atoms with Gasteiger partial charge >= 0.3 is 0 Å². The quantitative estimate of drug-likeness (QED) is 0.733. The normalized spacial score (nSPS) is 10.8. The summed E-state index contributed by atoms with van der Waals surface area (Å²) in [7, 11) is 0. The zero-order valence-corrected chi connectivity index (χ0v) is 12.7. The first-order chi connectivity index (χ1) is 10.2. The number of hydrogen-bond donors (Lipinski definition) is 2. The molecule has 0 aliphatic rings. The highest BCUT2D eigenvalue weighted by Crippen LogP contribution is 2.29. The van der Waals surface area contributed by atoms with Crippen molar-refractivity contribution in [3.05, 3.63) is 40.5 Å². The lowest BCUT2D eigenvalue weighted by Crippen LogP contribution is -2.04. The van der Waals surface area contributed by atoms with Crippen molar-refractivity contribution in [2.45, 2.75) is 6.92 Å². The van der Waals surface area contributed by atoms with E-state index in [9.17, 15) is 4.39 Å². The fourth-order valence-corrected chi connectivity index (χ4v) is 2.94. The van der Waals surface area contributed by atoms with Crippen LogP contribution in [0.15, 0.2) is 29.6 Å². The van der Waals surface area contributed by atoms with Crippen LogP contribution in [0.25, 0.3) is 10.2 Å². The molecule has 2 N–H and O–H groups in total. The smallest absolute Gasteiger partial charge is 0.226 e. The molecule has 3 rings (SSSR count). The van der Waals surface area contributed by atoms with Crippen molar-refractivity contribution < 1.29 is 4.39 Å². The molecule has 108 valence electrons. The van der Waals surface area contributed by atoms with E-state index >= 15 is 0 Å². The van der Waals surface area contributed by atoms with E-state index in [1.54, 1.807) is 6.07 Å². The number of nitrogens with zero attached hydrogens (tertiary/aromatic N) is 2. The number of nitrogens with one attached hydrogen (secondary N) is 2. The fraction of sp³-hybridized carbons (Fsp3) is 0.143. The highest BCUT2D eigenvalue weighted by molar-refractivity contribution is 7.16. The monoisotopic (exact) mass is 322 g/mol. The van der Waals surface area contributed by atoms with E-state index in [1.165, 1.54) is 23.5 Å². The molecule has 7 heteroatoms. The Morgan fingerprint density at radius 2 is 2.14 bits per heavy atom. The van der Waals surface area contributed by atoms with E-state index in [-0.39, 0.29) is 0 Å². The molecule has 3 aromatic rings. The lowest BCUT2D eigenvalue weighted by Gasteiger charge is -2.09. The number of benzene rings is 1. The largest absolute Gasteiger partial charge is 0.354 e. The zero-order valence-electron chi connectivity index (χ0n) is 11.2. The van der Waals surface area contributed by atoms with Crippen LogP contribution in [0.1, 0.15) is 6.92 Å². The highest BCUT2D eigenvalue weighted by atomic mass is 35.5. The van der Waals surface area contributed by atoms with E-state index < -0.39 is 5.82 Å². The third-order valence-electron chi connectivity index (χ3n) is 2.79. The summed E-state index contributed by atoms with van der Waals surface area (Å²) in [5.41, 5.74) is 0.550. The second-order valence-corrected chi connectivity index (χ2v) is 5.68. The molecule has 0 fully saturated rings. The number of anilines is 3. The first-order valence-corrected chi connectivity index (χ1v) is 7.63. The molecule has 2 heterocycles. The molecule has 4 nitrogen and oxygen atoms in total. The van der Waals surface area contributed by atoms with Crippen LogP contribution >= 0.6 is 22.9 Å². The minimum atomic E-state index is -0.396. The number of halogens is 2. The highest BCUT2D eigenvalue weighted by Gasteiger charge is 2.09. The predicted molar refractivity (Wildman–Crippen MR) is 86.3 cm³/mol. The van der Waals surface area contributed by atoms with Crippen LogP contribution in [0.4, 0.5) is 21.8 Å². The minimum absolute atomic E-state index is 0.333. The van der Waals surface area contributed by atoms with Crippen LogP contribution in [0.3, 0.4) is 0 Å². The Kier molecular flexibility index (Phi) is 3.90. The maximum Gasteiger partial charge on any atom is 0.226 e. The lowest BCUT2D eigenvalue weighted by atomic mass is 10.3. The topological polar surface area (TPSA) is 49.8 Å². The first-order valence-electron chi connectivity index (χ1n) is 6.38. The van der Waals surface area contributed by atoms with Crippen LogP contribution in [-0.4, -0.2) is 16.5 Å². The van der Waals surface area contributed by atoms with E-state index in [4.69, 9.17) is 11.6 Å². The molecular weight excluding hydrogens is 311 g/mol. The maximum absolute atomic E-state index is 13.4. The van der Waals surface area contributed by atoms with Crippen LogP contribution < -0.4 is 10.6 Å². The summed E-state index contributed by atoms with van der Waals surface area (Å²) in [5, 5.41) is 9.35. The number of hydrogen-bond acceptors (Lipinski definition) is 5. The molecule has 0 saturated heterocycles. The van der Waals surface area contributed by atoms with Crippen molar-refractivity contribution in [2.24, 2.45) is 0 Å². The molecule has 0 amide bonds. The summed E-state index contributed by atoms with van der Waals surface area (Å²) in [4.78, 5) is 9.71. The molecule has 0 atom stereocenters. The summed E-state index contributed by atoms with van der Waals surface area (Å²) in [6, 6.07) is 6.22. The molecule has 0 saturated carbocycles. The predicted octanol–water partition coefficient (Wildman–Crippen LogP) is 4.66. The van der Waals surface area contributed by atoms with Crippen molar-refractivity contribution in [3.8, 4) is 0 Å². The average molecular weight is 323 g/mol. The number of fused-ring (bicyclic) bond motifs is 1. The summed E-state index contributed by atoms with van der Waals surface area (Å²) in [6.07, 6.45) is 0. The van der Waals surface area contributed by atoms with E-state index in [1.807, 2.05) is 18.4 Å². The van der Waals surface area contributed by atoms with Gasteiger partial charge < -0.3 is 10.6 Å². The maximum atomic E-state index is 13.4. The fourth-order valence-electron chi connectivity index (χ4n) is 1.95. The number of thiophene rings is 1. The van der Waals surface area contributed by atoms with Gasteiger partial charge in [0.1, 0.15) is 16.5 Å². The molecule has 21 heavy (non-hydrogen) atoms. The average Bonchev–Trinajstić information content (AvgIpc) is 2.86. The SMILES string of the molecule is CCNc1nc(Nc2cc(F)cc(Cl)c2)c2ccsc2n1. The van der Waals surface area contributed by atoms with Crippen LogP contribution in [0.2, 0.25) is 5.02 Å². The molecule has 0 unspecified atom stereocenters. The van der Waals surface area contributed by atoms with Gasteiger partial charge in [-0.05, 0) is 36.6 Å². The van der Waals surface area contributed by atoms with Gasteiger partial charge in [0, 0.05) is 17.3 Å². The van der Waals surface area contributed by atoms with Crippen LogP contribution in [0.5, 0.6) is 0 Å². The summed E-state index contributed by atoms with van der Waals surface area (Å²) in [5.74, 6) is 0.767. The molecule has 1 aromatic carbocycles. The second kappa shape index (κ2) is 5.83. The van der Waals surface area contributed by atoms with Gasteiger partial charge in [-0.1, -0.05) is 11.6 Å². The molecule has 0 bridgehead atoms. The van der Waals surface area contributed by atoms with Gasteiger partial charge in [0.05, 0.1) is 5.39 Å². The molecule has 0 aliphatic heterocycles. The van der Waals surface area contributed by atoms with Gasteiger partial charge in [0.2, 0.25) is 5.95 Å². The van der Waals surface area contributed by atoms with Crippen molar-refractivity contribution in [3.63, 3.8) is 0 Å². The van der Waals surface area contributed by atoms with Crippen LogP contribution in [0, 0.1) is 5.82 Å². The summed E-state index contributed by atoms with van der Waals surface area (Å²) < 4.78 is 13.4. The Hall–Kier alpha value is -1.92. The molecule has 0 aliphatic carbocycles. The summed E-state index contributed by atoms with van der Waals surface area (Å²) in [6.45, 7) is 2.70. The minimum Gasteiger partial charge on any atom is -0.354 e. The molecule has 0 spiro atoms. The Labute approximate surface area is 130 Å². The number of aromatic nitrogens is 2. The van der Waals surface area contributed by atoms with E-state index in [0.717, 1.165) is 16.8 Å². The van der Waals surface area contributed by atoms with Gasteiger partial charge in [-0.25, -0.2) is 9.37 Å². The first kappa shape index (κ1) is 14.0. The van der Waals surface area contributed by atoms with Crippen molar-refractivity contribution >= 4 is 50.6 Å². The van der Waals surface area contributed by atoms with E-state index in [2.05, 4.69) is 20.6 Å². The zero-order chi connectivity index (χ0) is 14.8. The van der Waals surface area contributed by atoms with Gasteiger partial charge in [-0.15, -0.1) is 11.3 Å². The van der Waals surface area contributed by atoms with Gasteiger partial charge in [-0.3, -0.25) is 0 Å². The molecular formula is C14H12ClFN4S. The van der Waals surface area contributed by atoms with Crippen molar-refractivity contribution in [2.75, 3.05) is 17.2 Å². The second-order valence-electron chi connectivity index (χ2n) is 4.35. The summed E-state index contributed by atoms with van der Waals surface area (Å²) >= 11 is 7.40. The Morgan fingerprint density at radius 1 is 1.29 bits per heavy atom. The van der Waals surface area contributed by atoms with Crippen molar-refractivity contribution in [1.82, 2.24) is 9.97 Å². The van der Waals surface area contributed by atoms with Gasteiger partial charge in [-0.2, -0.15) is 4.98 Å². The van der Waals surface area contributed by atoms with Gasteiger partial charge in [0.15, 0.2) is 0 Å². The molecule has 0 radical (unpaired) electrons. The molecule has 2 aromatic heterocycles. The van der Waals surface area contributed by atoms with Gasteiger partial charge in [0.25, 0.3) is 0 Å². The standard InChI is InChI=1S/C14H12ClFN4S/c1-2-17-14-19-12(11-3-4-21-13(11)20-14)18-10-6-8(15)5-9(16)7-10/h3-7H,2H2,1H3,(H2,17,18,19,20). The lowest BCUT2D eigenvalue weighted by molar-refractivity contribution is 0.628. The Morgan fingerprint density at radius 3 is 2.90 bits per heavy atom. The third-order valence-corrected chi connectivity index (χ3v) is 3.81. The van der Waals surface area contributed by atoms with Crippen LogP contribution in [-0.2, 0) is 0 Å².